The molecular formula is C19H14BrO2P. The van der Waals surface area contributed by atoms with Gasteiger partial charge in [-0.25, -0.2) is 0 Å². The Labute approximate surface area is 143 Å². The van der Waals surface area contributed by atoms with Crippen molar-refractivity contribution in [1.29, 1.82) is 0 Å². The largest absolute Gasteiger partial charge is 0.305 e. The van der Waals surface area contributed by atoms with E-state index in [-0.39, 0.29) is 5.52 Å². The molecule has 3 rings (SSSR count). The van der Waals surface area contributed by atoms with Crippen LogP contribution in [0.4, 0.5) is 0 Å². The molecule has 114 valence electrons. The van der Waals surface area contributed by atoms with E-state index in [9.17, 15) is 9.36 Å². The summed E-state index contributed by atoms with van der Waals surface area (Å²) in [5.41, 5.74) is 0.103. The molecule has 0 radical (unpaired) electrons. The van der Waals surface area contributed by atoms with Crippen molar-refractivity contribution in [3.63, 3.8) is 0 Å². The second-order valence-corrected chi connectivity index (χ2v) is 8.54. The van der Waals surface area contributed by atoms with Crippen LogP contribution in [0.2, 0.25) is 0 Å². The summed E-state index contributed by atoms with van der Waals surface area (Å²) in [4.78, 5) is 13.1. The SMILES string of the molecule is O=C(c1ccccc1)P(=O)(c1ccccc1)c1ccccc1Br. The maximum atomic E-state index is 14.0. The second-order valence-electron chi connectivity index (χ2n) is 5.07. The Morgan fingerprint density at radius 1 is 0.739 bits per heavy atom. The molecule has 0 aromatic heterocycles. The average molecular weight is 385 g/mol. The zero-order chi connectivity index (χ0) is 16.3. The van der Waals surface area contributed by atoms with Crippen LogP contribution in [-0.2, 0) is 4.57 Å². The fraction of sp³-hybridized carbons (Fsp3) is 0. The van der Waals surface area contributed by atoms with Gasteiger partial charge in [-0.05, 0) is 28.1 Å². The molecule has 3 aromatic carbocycles. The topological polar surface area (TPSA) is 34.1 Å². The average Bonchev–Trinajstić information content (AvgIpc) is 2.62. The maximum absolute atomic E-state index is 14.0. The van der Waals surface area contributed by atoms with Crippen molar-refractivity contribution in [1.82, 2.24) is 0 Å². The summed E-state index contributed by atoms with van der Waals surface area (Å²) in [6, 6.07) is 25.0. The summed E-state index contributed by atoms with van der Waals surface area (Å²) in [6.45, 7) is 0. The maximum Gasteiger partial charge on any atom is 0.230 e. The van der Waals surface area contributed by atoms with Crippen molar-refractivity contribution < 1.29 is 9.36 Å². The summed E-state index contributed by atoms with van der Waals surface area (Å²) >= 11 is 3.45. The summed E-state index contributed by atoms with van der Waals surface area (Å²) in [5, 5.41) is 1.07. The fourth-order valence-corrected chi connectivity index (χ4v) is 6.01. The molecule has 0 heterocycles. The third-order valence-electron chi connectivity index (χ3n) is 3.62. The molecule has 23 heavy (non-hydrogen) atoms. The lowest BCUT2D eigenvalue weighted by molar-refractivity contribution is 0.107. The monoisotopic (exact) mass is 384 g/mol. The van der Waals surface area contributed by atoms with Crippen molar-refractivity contribution in [3.05, 3.63) is 95.0 Å². The molecule has 0 bridgehead atoms. The van der Waals surface area contributed by atoms with Gasteiger partial charge in [0.25, 0.3) is 0 Å². The Hall–Kier alpha value is -1.96. The first-order valence-electron chi connectivity index (χ1n) is 7.15. The molecule has 0 fully saturated rings. The summed E-state index contributed by atoms with van der Waals surface area (Å²) in [6.07, 6.45) is 0. The van der Waals surface area contributed by atoms with Crippen molar-refractivity contribution in [2.24, 2.45) is 0 Å². The van der Waals surface area contributed by atoms with E-state index in [1.807, 2.05) is 24.3 Å². The van der Waals surface area contributed by atoms with E-state index in [1.165, 1.54) is 0 Å². The van der Waals surface area contributed by atoms with Crippen LogP contribution in [0, 0.1) is 0 Å². The van der Waals surface area contributed by atoms with Crippen LogP contribution >= 0.6 is 23.1 Å². The Balaban J connectivity index is 2.26. The highest BCUT2D eigenvalue weighted by atomic mass is 79.9. The molecule has 4 heteroatoms. The zero-order valence-electron chi connectivity index (χ0n) is 12.2. The number of halogens is 1. The molecule has 0 aliphatic rings. The first-order valence-corrected chi connectivity index (χ1v) is 9.65. The van der Waals surface area contributed by atoms with Crippen LogP contribution in [-0.4, -0.2) is 5.52 Å². The van der Waals surface area contributed by atoms with E-state index in [0.29, 0.717) is 20.6 Å². The Kier molecular flexibility index (Phi) is 4.61. The molecule has 0 saturated heterocycles. The number of carbonyl (C=O) groups excluding carboxylic acids is 1. The van der Waals surface area contributed by atoms with Gasteiger partial charge < -0.3 is 4.57 Å². The van der Waals surface area contributed by atoms with Crippen molar-refractivity contribution in [3.8, 4) is 0 Å². The fourth-order valence-electron chi connectivity index (χ4n) is 2.47. The molecule has 0 saturated carbocycles. The minimum atomic E-state index is -3.46. The minimum Gasteiger partial charge on any atom is -0.305 e. The van der Waals surface area contributed by atoms with Gasteiger partial charge in [0.2, 0.25) is 12.7 Å². The minimum absolute atomic E-state index is 0.351. The molecule has 2 nitrogen and oxygen atoms in total. The lowest BCUT2D eigenvalue weighted by Gasteiger charge is -2.19. The van der Waals surface area contributed by atoms with Gasteiger partial charge in [0, 0.05) is 20.6 Å². The van der Waals surface area contributed by atoms with Crippen LogP contribution in [0.1, 0.15) is 10.4 Å². The predicted octanol–water partition coefficient (Wildman–Crippen LogP) is 4.60. The van der Waals surface area contributed by atoms with Crippen molar-refractivity contribution in [2.45, 2.75) is 0 Å². The zero-order valence-corrected chi connectivity index (χ0v) is 14.7. The molecular weight excluding hydrogens is 371 g/mol. The molecule has 0 amide bonds. The normalized spacial score (nSPS) is 13.3. The quantitative estimate of drug-likeness (QED) is 0.615. The Morgan fingerprint density at radius 2 is 1.26 bits per heavy atom. The standard InChI is InChI=1S/C19H14BrO2P/c20-17-13-7-8-14-18(17)23(22,16-11-5-2-6-12-16)19(21)15-9-3-1-4-10-15/h1-14H. The van der Waals surface area contributed by atoms with Crippen LogP contribution < -0.4 is 10.6 Å². The Bertz CT molecular complexity index is 876. The number of carbonyl (C=O) groups is 1. The summed E-state index contributed by atoms with van der Waals surface area (Å²) < 4.78 is 14.6. The van der Waals surface area contributed by atoms with Crippen molar-refractivity contribution >= 4 is 39.2 Å². The number of hydrogen-bond donors (Lipinski definition) is 0. The van der Waals surface area contributed by atoms with E-state index in [1.54, 1.807) is 60.7 Å². The van der Waals surface area contributed by atoms with Crippen LogP contribution in [0.25, 0.3) is 0 Å². The van der Waals surface area contributed by atoms with E-state index in [2.05, 4.69) is 15.9 Å². The van der Waals surface area contributed by atoms with E-state index in [0.717, 1.165) is 0 Å². The smallest absolute Gasteiger partial charge is 0.230 e. The molecule has 0 aliphatic carbocycles. The van der Waals surface area contributed by atoms with E-state index in [4.69, 9.17) is 0 Å². The van der Waals surface area contributed by atoms with Gasteiger partial charge in [-0.3, -0.25) is 4.79 Å². The van der Waals surface area contributed by atoms with E-state index < -0.39 is 7.14 Å². The lowest BCUT2D eigenvalue weighted by Crippen LogP contribution is -2.23. The van der Waals surface area contributed by atoms with Gasteiger partial charge >= 0.3 is 0 Å². The van der Waals surface area contributed by atoms with Gasteiger partial charge in [-0.15, -0.1) is 0 Å². The highest BCUT2D eigenvalue weighted by Crippen LogP contribution is 2.48. The number of rotatable bonds is 4. The van der Waals surface area contributed by atoms with Gasteiger partial charge in [0.05, 0.1) is 0 Å². The second kappa shape index (κ2) is 6.66. The molecule has 0 aliphatic heterocycles. The van der Waals surface area contributed by atoms with Crippen LogP contribution in [0.5, 0.6) is 0 Å². The van der Waals surface area contributed by atoms with Crippen molar-refractivity contribution in [2.75, 3.05) is 0 Å². The van der Waals surface area contributed by atoms with E-state index >= 15 is 0 Å². The number of hydrogen-bond acceptors (Lipinski definition) is 2. The molecule has 3 aromatic rings. The van der Waals surface area contributed by atoms with Gasteiger partial charge in [0.1, 0.15) is 0 Å². The molecule has 1 unspecified atom stereocenters. The number of benzene rings is 3. The lowest BCUT2D eigenvalue weighted by atomic mass is 10.2. The van der Waals surface area contributed by atoms with Gasteiger partial charge in [0.15, 0.2) is 0 Å². The highest BCUT2D eigenvalue weighted by molar-refractivity contribution is 9.10. The third kappa shape index (κ3) is 2.95. The predicted molar refractivity (Wildman–Crippen MR) is 98.2 cm³/mol. The summed E-state index contributed by atoms with van der Waals surface area (Å²) in [5.74, 6) is 0. The summed E-state index contributed by atoms with van der Waals surface area (Å²) in [7, 11) is -3.46. The van der Waals surface area contributed by atoms with Gasteiger partial charge in [-0.1, -0.05) is 72.8 Å². The first-order chi connectivity index (χ1) is 11.1. The molecule has 0 spiro atoms. The molecule has 0 N–H and O–H groups in total. The van der Waals surface area contributed by atoms with Crippen LogP contribution in [0.3, 0.4) is 0 Å². The molecule has 1 atom stereocenters. The first kappa shape index (κ1) is 15.9. The highest BCUT2D eigenvalue weighted by Gasteiger charge is 2.37. The van der Waals surface area contributed by atoms with Gasteiger partial charge in [-0.2, -0.15) is 0 Å². The Morgan fingerprint density at radius 3 is 1.87 bits per heavy atom. The van der Waals surface area contributed by atoms with Crippen LogP contribution in [0.15, 0.2) is 89.4 Å². The third-order valence-corrected chi connectivity index (χ3v) is 7.54.